The molecule has 0 radical (unpaired) electrons. The van der Waals surface area contributed by atoms with Crippen molar-refractivity contribution in [2.24, 2.45) is 5.73 Å². The Kier molecular flexibility index (Phi) is 3.54. The monoisotopic (exact) mass is 231 g/mol. The van der Waals surface area contributed by atoms with Crippen LogP contribution >= 0.6 is 11.8 Å². The van der Waals surface area contributed by atoms with Crippen molar-refractivity contribution in [1.82, 2.24) is 9.97 Å². The molecule has 2 rings (SSSR count). The van der Waals surface area contributed by atoms with Crippen LogP contribution in [-0.2, 0) is 6.54 Å². The third-order valence-corrected chi connectivity index (χ3v) is 2.84. The van der Waals surface area contributed by atoms with E-state index in [9.17, 15) is 0 Å². The molecule has 0 aliphatic heterocycles. The zero-order valence-electron chi connectivity index (χ0n) is 9.05. The Morgan fingerprint density at radius 1 is 1.19 bits per heavy atom. The van der Waals surface area contributed by atoms with Gasteiger partial charge in [-0.05, 0) is 12.3 Å². The van der Waals surface area contributed by atoms with Gasteiger partial charge in [0.05, 0.1) is 12.2 Å². The van der Waals surface area contributed by atoms with Gasteiger partial charge in [0.15, 0.2) is 0 Å². The molecule has 0 atom stereocenters. The van der Waals surface area contributed by atoms with Crippen LogP contribution in [0.15, 0.2) is 41.4 Å². The van der Waals surface area contributed by atoms with E-state index in [4.69, 9.17) is 5.73 Å². The second-order valence-corrected chi connectivity index (χ2v) is 4.11. The molecule has 82 valence electrons. The maximum atomic E-state index is 5.59. The van der Waals surface area contributed by atoms with Crippen LogP contribution in [0.25, 0.3) is 11.3 Å². The van der Waals surface area contributed by atoms with Gasteiger partial charge < -0.3 is 5.73 Å². The minimum absolute atomic E-state index is 0.369. The van der Waals surface area contributed by atoms with Crippen LogP contribution in [0.1, 0.15) is 5.82 Å². The van der Waals surface area contributed by atoms with E-state index in [2.05, 4.69) is 9.97 Å². The molecule has 2 N–H and O–H groups in total. The Hall–Kier alpha value is -1.39. The Balaban J connectivity index is 2.48. The van der Waals surface area contributed by atoms with Crippen molar-refractivity contribution < 1.29 is 0 Å². The van der Waals surface area contributed by atoms with E-state index in [0.29, 0.717) is 12.4 Å². The molecule has 3 nitrogen and oxygen atoms in total. The summed E-state index contributed by atoms with van der Waals surface area (Å²) in [6, 6.07) is 12.0. The number of hydrogen-bond acceptors (Lipinski definition) is 4. The van der Waals surface area contributed by atoms with Gasteiger partial charge in [0.1, 0.15) is 10.9 Å². The molecule has 1 aromatic carbocycles. The van der Waals surface area contributed by atoms with E-state index in [1.807, 2.05) is 42.7 Å². The zero-order valence-corrected chi connectivity index (χ0v) is 9.87. The first-order valence-corrected chi connectivity index (χ1v) is 6.23. The van der Waals surface area contributed by atoms with Crippen molar-refractivity contribution >= 4 is 11.8 Å². The van der Waals surface area contributed by atoms with Crippen LogP contribution < -0.4 is 5.73 Å². The van der Waals surface area contributed by atoms with Crippen molar-refractivity contribution in [2.75, 3.05) is 6.26 Å². The smallest absolute Gasteiger partial charge is 0.143 e. The summed E-state index contributed by atoms with van der Waals surface area (Å²) in [5, 5.41) is 0.953. The van der Waals surface area contributed by atoms with E-state index in [0.717, 1.165) is 16.3 Å². The van der Waals surface area contributed by atoms with Crippen molar-refractivity contribution in [1.29, 1.82) is 0 Å². The van der Waals surface area contributed by atoms with Crippen LogP contribution in [0.5, 0.6) is 0 Å². The highest BCUT2D eigenvalue weighted by Gasteiger charge is 2.04. The number of benzene rings is 1. The van der Waals surface area contributed by atoms with Gasteiger partial charge in [-0.1, -0.05) is 30.3 Å². The second-order valence-electron chi connectivity index (χ2n) is 3.28. The third-order valence-electron chi connectivity index (χ3n) is 2.21. The Morgan fingerprint density at radius 3 is 2.56 bits per heavy atom. The Bertz CT molecular complexity index is 449. The second kappa shape index (κ2) is 5.09. The molecule has 4 heteroatoms. The Morgan fingerprint density at radius 2 is 1.94 bits per heavy atom. The van der Waals surface area contributed by atoms with Gasteiger partial charge in [-0.3, -0.25) is 0 Å². The first-order chi connectivity index (χ1) is 7.83. The fourth-order valence-electron chi connectivity index (χ4n) is 1.43. The summed E-state index contributed by atoms with van der Waals surface area (Å²) in [6.45, 7) is 0.369. The largest absolute Gasteiger partial charge is 0.324 e. The Labute approximate surface area is 99.1 Å². The maximum absolute atomic E-state index is 5.59. The van der Waals surface area contributed by atoms with Gasteiger partial charge in [-0.15, -0.1) is 11.8 Å². The summed E-state index contributed by atoms with van der Waals surface area (Å²) in [5.41, 5.74) is 7.61. The first-order valence-electron chi connectivity index (χ1n) is 5.01. The molecule has 0 bridgehead atoms. The minimum Gasteiger partial charge on any atom is -0.324 e. The van der Waals surface area contributed by atoms with E-state index in [1.54, 1.807) is 11.8 Å². The van der Waals surface area contributed by atoms with Crippen molar-refractivity contribution in [3.05, 3.63) is 42.2 Å². The molecule has 0 aliphatic carbocycles. The molecule has 0 fully saturated rings. The lowest BCUT2D eigenvalue weighted by molar-refractivity contribution is 0.870. The topological polar surface area (TPSA) is 51.8 Å². The normalized spacial score (nSPS) is 10.4. The lowest BCUT2D eigenvalue weighted by atomic mass is 10.1. The van der Waals surface area contributed by atoms with Gasteiger partial charge in [0.2, 0.25) is 0 Å². The lowest BCUT2D eigenvalue weighted by Gasteiger charge is -2.05. The molecular formula is C12H13N3S. The van der Waals surface area contributed by atoms with E-state index >= 15 is 0 Å². The van der Waals surface area contributed by atoms with Gasteiger partial charge in [0.25, 0.3) is 0 Å². The zero-order chi connectivity index (χ0) is 11.4. The quantitative estimate of drug-likeness (QED) is 0.650. The molecule has 0 amide bonds. The van der Waals surface area contributed by atoms with Crippen LogP contribution in [-0.4, -0.2) is 16.2 Å². The van der Waals surface area contributed by atoms with Crippen LogP contribution in [0.3, 0.4) is 0 Å². The average molecular weight is 231 g/mol. The summed E-state index contributed by atoms with van der Waals surface area (Å²) in [7, 11) is 0. The number of nitrogens with two attached hydrogens (primary N) is 1. The molecule has 16 heavy (non-hydrogen) atoms. The van der Waals surface area contributed by atoms with Crippen molar-refractivity contribution in [3.63, 3.8) is 0 Å². The SMILES string of the molecule is CSc1cc(-c2ccccc2)nc(CN)n1. The summed E-state index contributed by atoms with van der Waals surface area (Å²) in [4.78, 5) is 8.74. The lowest BCUT2D eigenvalue weighted by Crippen LogP contribution is -2.04. The molecule has 1 heterocycles. The van der Waals surface area contributed by atoms with E-state index in [-0.39, 0.29) is 0 Å². The fraction of sp³-hybridized carbons (Fsp3) is 0.167. The highest BCUT2D eigenvalue weighted by molar-refractivity contribution is 7.98. The summed E-state index contributed by atoms with van der Waals surface area (Å²) in [5.74, 6) is 0.686. The van der Waals surface area contributed by atoms with E-state index in [1.165, 1.54) is 0 Å². The molecule has 0 aliphatic rings. The predicted octanol–water partition coefficient (Wildman–Crippen LogP) is 2.32. The number of aromatic nitrogens is 2. The molecule has 0 spiro atoms. The maximum Gasteiger partial charge on any atom is 0.143 e. The third kappa shape index (κ3) is 2.40. The van der Waals surface area contributed by atoms with Crippen LogP contribution in [0.2, 0.25) is 0 Å². The molecule has 0 saturated heterocycles. The highest BCUT2D eigenvalue weighted by Crippen LogP contribution is 2.21. The molecule has 0 saturated carbocycles. The van der Waals surface area contributed by atoms with E-state index < -0.39 is 0 Å². The average Bonchev–Trinajstić information content (AvgIpc) is 2.39. The standard InChI is InChI=1S/C12H13N3S/c1-16-12-7-10(14-11(8-13)15-12)9-5-3-2-4-6-9/h2-7H,8,13H2,1H3. The summed E-state index contributed by atoms with van der Waals surface area (Å²) < 4.78 is 0. The predicted molar refractivity (Wildman–Crippen MR) is 67.1 cm³/mol. The number of thioether (sulfide) groups is 1. The van der Waals surface area contributed by atoms with Gasteiger partial charge in [0, 0.05) is 5.56 Å². The van der Waals surface area contributed by atoms with Crippen LogP contribution in [0, 0.1) is 0 Å². The highest BCUT2D eigenvalue weighted by atomic mass is 32.2. The number of nitrogens with zero attached hydrogens (tertiary/aromatic N) is 2. The summed E-state index contributed by atoms with van der Waals surface area (Å²) in [6.07, 6.45) is 2.00. The molecule has 0 unspecified atom stereocenters. The van der Waals surface area contributed by atoms with Crippen molar-refractivity contribution in [2.45, 2.75) is 11.6 Å². The van der Waals surface area contributed by atoms with Crippen molar-refractivity contribution in [3.8, 4) is 11.3 Å². The molecule has 1 aromatic heterocycles. The first kappa shape index (κ1) is 11.1. The fourth-order valence-corrected chi connectivity index (χ4v) is 1.85. The minimum atomic E-state index is 0.369. The summed E-state index contributed by atoms with van der Waals surface area (Å²) >= 11 is 1.60. The van der Waals surface area contributed by atoms with Gasteiger partial charge >= 0.3 is 0 Å². The van der Waals surface area contributed by atoms with Gasteiger partial charge in [-0.25, -0.2) is 9.97 Å². The molecule has 2 aromatic rings. The number of rotatable bonds is 3. The van der Waals surface area contributed by atoms with Crippen LogP contribution in [0.4, 0.5) is 0 Å². The number of hydrogen-bond donors (Lipinski definition) is 1. The molecular weight excluding hydrogens is 218 g/mol. The van der Waals surface area contributed by atoms with Gasteiger partial charge in [-0.2, -0.15) is 0 Å².